The van der Waals surface area contributed by atoms with Crippen molar-refractivity contribution in [2.75, 3.05) is 19.8 Å². The van der Waals surface area contributed by atoms with Gasteiger partial charge in [0.15, 0.2) is 11.6 Å². The van der Waals surface area contributed by atoms with Gasteiger partial charge in [0, 0.05) is 10.6 Å². The minimum atomic E-state index is -4.43. The van der Waals surface area contributed by atoms with Gasteiger partial charge >= 0.3 is 6.18 Å². The molecule has 0 saturated carbocycles. The zero-order valence-corrected chi connectivity index (χ0v) is 19.8. The number of hydrogen-bond acceptors (Lipinski definition) is 6. The summed E-state index contributed by atoms with van der Waals surface area (Å²) in [5.74, 6) is 1.17. The minimum absolute atomic E-state index is 0.247. The minimum Gasteiger partial charge on any atom is -0.474 e. The zero-order chi connectivity index (χ0) is 25.7. The molecule has 3 aromatic rings. The monoisotopic (exact) mass is 518 g/mol. The van der Waals surface area contributed by atoms with E-state index in [1.165, 1.54) is 0 Å². The fourth-order valence-corrected chi connectivity index (χ4v) is 3.83. The molecule has 0 atom stereocenters. The first-order valence-electron chi connectivity index (χ1n) is 10.8. The molecule has 2 aliphatic heterocycles. The number of allylic oxidation sites excluding steroid dienone is 4. The van der Waals surface area contributed by atoms with Crippen LogP contribution in [0.1, 0.15) is 17.2 Å². The molecule has 2 aromatic heterocycles. The fraction of sp³-hybridized carbons (Fsp3) is 0.250. The molecule has 1 aromatic carbocycles. The highest BCUT2D eigenvalue weighted by Gasteiger charge is 2.30. The predicted octanol–water partition coefficient (Wildman–Crippen LogP) is 4.92. The topological polar surface area (TPSA) is 79.3 Å². The second kappa shape index (κ2) is 10.9. The van der Waals surface area contributed by atoms with E-state index in [4.69, 9.17) is 21.1 Å². The molecule has 8 nitrogen and oxygen atoms in total. The highest BCUT2D eigenvalue weighted by Crippen LogP contribution is 2.34. The van der Waals surface area contributed by atoms with Crippen molar-refractivity contribution in [3.63, 3.8) is 0 Å². The maximum atomic E-state index is 12.5. The zero-order valence-electron chi connectivity index (χ0n) is 19.1. The third kappa shape index (κ3) is 5.58. The Morgan fingerprint density at radius 3 is 2.61 bits per heavy atom. The number of halogens is 4. The number of imidazole rings is 1. The highest BCUT2D eigenvalue weighted by molar-refractivity contribution is 6.31. The molecule has 188 valence electrons. The lowest BCUT2D eigenvalue weighted by atomic mass is 10.1. The molecule has 0 bridgehead atoms. The Bertz CT molecular complexity index is 1320. The Labute approximate surface area is 210 Å². The summed E-state index contributed by atoms with van der Waals surface area (Å²) in [4.78, 5) is 8.80. The van der Waals surface area contributed by atoms with E-state index < -0.39 is 12.8 Å². The van der Waals surface area contributed by atoms with Gasteiger partial charge in [0.05, 0.1) is 24.5 Å². The summed E-state index contributed by atoms with van der Waals surface area (Å²) in [6.07, 6.45) is 4.30. The summed E-state index contributed by atoms with van der Waals surface area (Å²) in [5.41, 5.74) is 2.75. The van der Waals surface area contributed by atoms with Crippen LogP contribution in [0, 0.1) is 0 Å². The molecular formula is C24H22ClF3N6O2. The van der Waals surface area contributed by atoms with Crippen LogP contribution in [0.3, 0.4) is 0 Å². The van der Waals surface area contributed by atoms with E-state index in [0.29, 0.717) is 41.2 Å². The number of fused-ring (bicyclic) bond motifs is 5. The largest absolute Gasteiger partial charge is 0.474 e. The molecule has 4 heterocycles. The SMILES string of the molecule is C=C/C=C\C=C.FC(F)(F)COCc1nnc2n1Cc1c(C3=NCCO3)ncn1-c1ccc(Cl)cc1-2. The molecule has 36 heavy (non-hydrogen) atoms. The molecule has 0 radical (unpaired) electrons. The van der Waals surface area contributed by atoms with Gasteiger partial charge in [-0.15, -0.1) is 10.2 Å². The number of nitrogens with zero attached hydrogens (tertiary/aromatic N) is 6. The molecule has 12 heteroatoms. The Morgan fingerprint density at radius 2 is 1.94 bits per heavy atom. The summed E-state index contributed by atoms with van der Waals surface area (Å²) in [7, 11) is 0. The first kappa shape index (κ1) is 25.4. The second-order valence-corrected chi connectivity index (χ2v) is 8.03. The number of benzene rings is 1. The number of alkyl halides is 3. The standard InChI is InChI=1S/C18H14ClF3N6O2.C6H8/c19-10-1-2-12-11(5-10)16-26-25-14(7-29-8-18(20,21)22)27(16)6-13-15(24-9-28(12)13)17-23-3-4-30-17;1-3-5-6-4-2/h1-2,5,9H,3-4,6-8H2;3-6H,1-2H2/b;6-5-. The first-order chi connectivity index (χ1) is 17.3. The van der Waals surface area contributed by atoms with Gasteiger partial charge in [-0.3, -0.25) is 4.57 Å². The first-order valence-corrected chi connectivity index (χ1v) is 11.2. The van der Waals surface area contributed by atoms with Crippen molar-refractivity contribution in [1.29, 1.82) is 0 Å². The van der Waals surface area contributed by atoms with Gasteiger partial charge in [0.2, 0.25) is 5.90 Å². The Balaban J connectivity index is 0.000000455. The van der Waals surface area contributed by atoms with E-state index in [2.05, 4.69) is 33.3 Å². The van der Waals surface area contributed by atoms with E-state index in [1.807, 2.05) is 22.8 Å². The molecule has 0 spiro atoms. The van der Waals surface area contributed by atoms with Gasteiger partial charge in [0.25, 0.3) is 0 Å². The quantitative estimate of drug-likeness (QED) is 0.339. The molecule has 0 unspecified atom stereocenters. The van der Waals surface area contributed by atoms with E-state index in [1.54, 1.807) is 35.2 Å². The Morgan fingerprint density at radius 1 is 1.17 bits per heavy atom. The average Bonchev–Trinajstić information content (AvgIpc) is 3.57. The van der Waals surface area contributed by atoms with Crippen LogP contribution in [0.15, 0.2) is 67.0 Å². The molecule has 0 fully saturated rings. The van der Waals surface area contributed by atoms with E-state index in [9.17, 15) is 13.2 Å². The molecular weight excluding hydrogens is 497 g/mol. The van der Waals surface area contributed by atoms with Crippen LogP contribution in [0.4, 0.5) is 13.2 Å². The third-order valence-electron chi connectivity index (χ3n) is 5.13. The molecule has 0 amide bonds. The normalized spacial score (nSPS) is 14.1. The van der Waals surface area contributed by atoms with Crippen LogP contribution >= 0.6 is 11.6 Å². The van der Waals surface area contributed by atoms with Crippen molar-refractivity contribution in [3.8, 4) is 17.1 Å². The molecule has 0 aliphatic carbocycles. The highest BCUT2D eigenvalue weighted by atomic mass is 35.5. The van der Waals surface area contributed by atoms with Crippen molar-refractivity contribution in [2.45, 2.75) is 19.3 Å². The van der Waals surface area contributed by atoms with Crippen molar-refractivity contribution in [1.82, 2.24) is 24.3 Å². The van der Waals surface area contributed by atoms with Gasteiger partial charge in [-0.1, -0.05) is 49.1 Å². The molecule has 0 N–H and O–H groups in total. The summed E-state index contributed by atoms with van der Waals surface area (Å²) in [5, 5.41) is 8.75. The van der Waals surface area contributed by atoms with Gasteiger partial charge in [0.1, 0.15) is 31.8 Å². The van der Waals surface area contributed by atoms with Crippen molar-refractivity contribution in [2.24, 2.45) is 4.99 Å². The lowest BCUT2D eigenvalue weighted by molar-refractivity contribution is -0.177. The second-order valence-electron chi connectivity index (χ2n) is 7.60. The van der Waals surface area contributed by atoms with Crippen molar-refractivity contribution >= 4 is 17.5 Å². The number of hydrogen-bond donors (Lipinski definition) is 0. The molecule has 5 rings (SSSR count). The predicted molar refractivity (Wildman–Crippen MR) is 129 cm³/mol. The maximum absolute atomic E-state index is 12.5. The summed E-state index contributed by atoms with van der Waals surface area (Å²) >= 11 is 6.20. The van der Waals surface area contributed by atoms with Crippen LogP contribution in [0.5, 0.6) is 0 Å². The van der Waals surface area contributed by atoms with Crippen LogP contribution in [-0.4, -0.2) is 56.1 Å². The number of rotatable bonds is 6. The third-order valence-corrected chi connectivity index (χ3v) is 5.36. The smallest absolute Gasteiger partial charge is 0.411 e. The van der Waals surface area contributed by atoms with Crippen LogP contribution in [0.2, 0.25) is 5.02 Å². The Hall–Kier alpha value is -3.70. The van der Waals surface area contributed by atoms with Gasteiger partial charge in [-0.25, -0.2) is 9.98 Å². The molecule has 0 saturated heterocycles. The lowest BCUT2D eigenvalue weighted by Gasteiger charge is -2.11. The lowest BCUT2D eigenvalue weighted by Crippen LogP contribution is -2.18. The van der Waals surface area contributed by atoms with Crippen LogP contribution in [0.25, 0.3) is 17.1 Å². The van der Waals surface area contributed by atoms with Crippen LogP contribution < -0.4 is 0 Å². The maximum Gasteiger partial charge on any atom is 0.411 e. The van der Waals surface area contributed by atoms with Gasteiger partial charge in [-0.2, -0.15) is 13.2 Å². The summed E-state index contributed by atoms with van der Waals surface area (Å²) < 4.78 is 51.4. The Kier molecular flexibility index (Phi) is 7.70. The number of aromatic nitrogens is 5. The van der Waals surface area contributed by atoms with Gasteiger partial charge < -0.3 is 14.0 Å². The van der Waals surface area contributed by atoms with Crippen molar-refractivity contribution < 1.29 is 22.6 Å². The van der Waals surface area contributed by atoms with Crippen LogP contribution in [-0.2, 0) is 22.6 Å². The summed E-state index contributed by atoms with van der Waals surface area (Å²) in [6, 6.07) is 5.30. The van der Waals surface area contributed by atoms with Gasteiger partial charge in [-0.05, 0) is 18.2 Å². The van der Waals surface area contributed by atoms with Crippen molar-refractivity contribution in [3.05, 3.63) is 84.2 Å². The fourth-order valence-electron chi connectivity index (χ4n) is 3.66. The average molecular weight is 519 g/mol. The number of ether oxygens (including phenoxy) is 2. The van der Waals surface area contributed by atoms with E-state index in [0.717, 1.165) is 11.4 Å². The number of aliphatic imine (C=N–C) groups is 1. The summed E-state index contributed by atoms with van der Waals surface area (Å²) in [6.45, 7) is 6.48. The van der Waals surface area contributed by atoms with E-state index in [-0.39, 0.29) is 19.0 Å². The molecule has 2 aliphatic rings. The van der Waals surface area contributed by atoms with E-state index >= 15 is 0 Å².